The minimum absolute atomic E-state index is 0. The molecule has 1 aromatic carbocycles. The molecule has 1 atom stereocenters. The summed E-state index contributed by atoms with van der Waals surface area (Å²) in [6.45, 7) is 3.02. The first-order valence-corrected chi connectivity index (χ1v) is 5.20. The summed E-state index contributed by atoms with van der Waals surface area (Å²) in [5.41, 5.74) is 6.64. The molecule has 0 saturated carbocycles. The van der Waals surface area contributed by atoms with E-state index in [0.717, 1.165) is 5.56 Å². The first-order valence-electron chi connectivity index (χ1n) is 5.20. The molecule has 0 radical (unpaired) electrons. The average Bonchev–Trinajstić information content (AvgIpc) is 2.30. The summed E-state index contributed by atoms with van der Waals surface area (Å²) >= 11 is 0. The van der Waals surface area contributed by atoms with Crippen LogP contribution in [0.15, 0.2) is 30.3 Å². The lowest BCUT2D eigenvalue weighted by atomic mass is 9.98. The van der Waals surface area contributed by atoms with Gasteiger partial charge in [-0.3, -0.25) is 4.79 Å². The number of carbonyl (C=O) groups is 1. The van der Waals surface area contributed by atoms with Crippen LogP contribution < -0.4 is 5.73 Å². The normalized spacial score (nSPS) is 11.4. The zero-order valence-electron chi connectivity index (χ0n) is 9.72. The van der Waals surface area contributed by atoms with Crippen LogP contribution in [-0.4, -0.2) is 30.9 Å². The molecule has 90 valence electrons. The lowest BCUT2D eigenvalue weighted by molar-refractivity contribution is -0.131. The van der Waals surface area contributed by atoms with Crippen molar-refractivity contribution < 1.29 is 4.79 Å². The smallest absolute Gasteiger partial charge is 0.231 e. The Bertz CT molecular complexity index is 316. The Labute approximate surface area is 103 Å². The van der Waals surface area contributed by atoms with E-state index in [0.29, 0.717) is 13.1 Å². The Hall–Kier alpha value is -1.06. The van der Waals surface area contributed by atoms with Gasteiger partial charge in [-0.05, 0) is 12.5 Å². The van der Waals surface area contributed by atoms with Gasteiger partial charge in [0.25, 0.3) is 0 Å². The third kappa shape index (κ3) is 3.51. The number of amides is 1. The molecular formula is C12H19ClN2O. The van der Waals surface area contributed by atoms with Gasteiger partial charge in [-0.25, -0.2) is 0 Å². The van der Waals surface area contributed by atoms with Crippen LogP contribution in [0.4, 0.5) is 0 Å². The summed E-state index contributed by atoms with van der Waals surface area (Å²) in [7, 11) is 1.80. The number of carbonyl (C=O) groups excluding carboxylic acids is 1. The number of benzene rings is 1. The molecule has 0 aliphatic heterocycles. The summed E-state index contributed by atoms with van der Waals surface area (Å²) in [6.07, 6.45) is 0. The second-order valence-corrected chi connectivity index (χ2v) is 3.55. The number of hydrogen-bond acceptors (Lipinski definition) is 2. The molecule has 1 rings (SSSR count). The quantitative estimate of drug-likeness (QED) is 0.873. The highest BCUT2D eigenvalue weighted by Gasteiger charge is 2.21. The van der Waals surface area contributed by atoms with Gasteiger partial charge in [0.05, 0.1) is 5.92 Å². The Balaban J connectivity index is 0.00000225. The van der Waals surface area contributed by atoms with E-state index in [1.807, 2.05) is 37.3 Å². The molecule has 0 aromatic heterocycles. The molecule has 0 heterocycles. The monoisotopic (exact) mass is 242 g/mol. The van der Waals surface area contributed by atoms with Crippen LogP contribution in [0.2, 0.25) is 0 Å². The molecule has 3 nitrogen and oxygen atoms in total. The minimum atomic E-state index is -0.212. The molecule has 0 bridgehead atoms. The van der Waals surface area contributed by atoms with Crippen LogP contribution in [0.5, 0.6) is 0 Å². The fraction of sp³-hybridized carbons (Fsp3) is 0.417. The minimum Gasteiger partial charge on any atom is -0.345 e. The number of nitrogens with zero attached hydrogens (tertiary/aromatic N) is 1. The standard InChI is InChI=1S/C12H18N2O.ClH/c1-3-14(2)12(15)11(9-13)10-7-5-4-6-8-10;/h4-8,11H,3,9,13H2,1-2H3;1H. The van der Waals surface area contributed by atoms with Gasteiger partial charge in [-0.15, -0.1) is 12.4 Å². The second-order valence-electron chi connectivity index (χ2n) is 3.55. The van der Waals surface area contributed by atoms with Crippen LogP contribution in [0.25, 0.3) is 0 Å². The van der Waals surface area contributed by atoms with Crippen LogP contribution >= 0.6 is 12.4 Å². The molecule has 2 N–H and O–H groups in total. The maximum absolute atomic E-state index is 12.0. The average molecular weight is 243 g/mol. The summed E-state index contributed by atoms with van der Waals surface area (Å²) < 4.78 is 0. The second kappa shape index (κ2) is 7.25. The predicted octanol–water partition coefficient (Wildman–Crippen LogP) is 1.63. The highest BCUT2D eigenvalue weighted by Crippen LogP contribution is 2.16. The van der Waals surface area contributed by atoms with E-state index in [4.69, 9.17) is 5.73 Å². The molecule has 0 spiro atoms. The molecule has 1 amide bonds. The van der Waals surface area contributed by atoms with E-state index in [1.165, 1.54) is 0 Å². The van der Waals surface area contributed by atoms with Gasteiger partial charge in [0.15, 0.2) is 0 Å². The van der Waals surface area contributed by atoms with E-state index in [2.05, 4.69) is 0 Å². The third-order valence-corrected chi connectivity index (χ3v) is 2.59. The third-order valence-electron chi connectivity index (χ3n) is 2.59. The first-order chi connectivity index (χ1) is 7.20. The van der Waals surface area contributed by atoms with Gasteiger partial charge in [-0.2, -0.15) is 0 Å². The zero-order valence-corrected chi connectivity index (χ0v) is 10.5. The van der Waals surface area contributed by atoms with Crippen LogP contribution in [0, 0.1) is 0 Å². The van der Waals surface area contributed by atoms with Crippen molar-refractivity contribution in [1.29, 1.82) is 0 Å². The maximum Gasteiger partial charge on any atom is 0.231 e. The summed E-state index contributed by atoms with van der Waals surface area (Å²) in [4.78, 5) is 13.7. The van der Waals surface area contributed by atoms with Crippen molar-refractivity contribution in [3.05, 3.63) is 35.9 Å². The summed E-state index contributed by atoms with van der Waals surface area (Å²) in [5.74, 6) is -0.123. The van der Waals surface area contributed by atoms with Crippen LogP contribution in [0.1, 0.15) is 18.4 Å². The van der Waals surface area contributed by atoms with Crippen molar-refractivity contribution in [2.45, 2.75) is 12.8 Å². The Morgan fingerprint density at radius 3 is 2.38 bits per heavy atom. The largest absolute Gasteiger partial charge is 0.345 e. The number of halogens is 1. The maximum atomic E-state index is 12.0. The van der Waals surface area contributed by atoms with Gasteiger partial charge < -0.3 is 10.6 Å². The van der Waals surface area contributed by atoms with Crippen molar-refractivity contribution in [3.8, 4) is 0 Å². The van der Waals surface area contributed by atoms with Gasteiger partial charge in [0.1, 0.15) is 0 Å². The molecule has 1 unspecified atom stereocenters. The molecule has 0 aliphatic carbocycles. The lowest BCUT2D eigenvalue weighted by Gasteiger charge is -2.21. The topological polar surface area (TPSA) is 46.3 Å². The van der Waals surface area contributed by atoms with Gasteiger partial charge in [0.2, 0.25) is 5.91 Å². The Morgan fingerprint density at radius 2 is 1.94 bits per heavy atom. The van der Waals surface area contributed by atoms with Crippen molar-refractivity contribution in [3.63, 3.8) is 0 Å². The number of hydrogen-bond donors (Lipinski definition) is 1. The molecule has 1 aromatic rings. The van der Waals surface area contributed by atoms with Crippen molar-refractivity contribution in [1.82, 2.24) is 4.90 Å². The van der Waals surface area contributed by atoms with Crippen LogP contribution in [0.3, 0.4) is 0 Å². The van der Waals surface area contributed by atoms with E-state index in [9.17, 15) is 4.79 Å². The number of nitrogens with two attached hydrogens (primary N) is 1. The molecule has 0 fully saturated rings. The van der Waals surface area contributed by atoms with E-state index in [1.54, 1.807) is 11.9 Å². The van der Waals surface area contributed by atoms with Crippen LogP contribution in [-0.2, 0) is 4.79 Å². The van der Waals surface area contributed by atoms with Crippen molar-refractivity contribution in [2.75, 3.05) is 20.1 Å². The van der Waals surface area contributed by atoms with Crippen molar-refractivity contribution in [2.24, 2.45) is 5.73 Å². The fourth-order valence-electron chi connectivity index (χ4n) is 1.49. The predicted molar refractivity (Wildman–Crippen MR) is 68.8 cm³/mol. The van der Waals surface area contributed by atoms with E-state index >= 15 is 0 Å². The van der Waals surface area contributed by atoms with E-state index in [-0.39, 0.29) is 24.2 Å². The van der Waals surface area contributed by atoms with Gasteiger partial charge in [-0.1, -0.05) is 30.3 Å². The molecule has 4 heteroatoms. The van der Waals surface area contributed by atoms with Gasteiger partial charge >= 0.3 is 0 Å². The highest BCUT2D eigenvalue weighted by atomic mass is 35.5. The SMILES string of the molecule is CCN(C)C(=O)C(CN)c1ccccc1.Cl. The molecule has 0 aliphatic rings. The van der Waals surface area contributed by atoms with Crippen molar-refractivity contribution >= 4 is 18.3 Å². The highest BCUT2D eigenvalue weighted by molar-refractivity contribution is 5.85. The van der Waals surface area contributed by atoms with E-state index < -0.39 is 0 Å². The number of likely N-dealkylation sites (N-methyl/N-ethyl adjacent to an activating group) is 1. The first kappa shape index (κ1) is 14.9. The molecular weight excluding hydrogens is 224 g/mol. The summed E-state index contributed by atoms with van der Waals surface area (Å²) in [5, 5.41) is 0. The Morgan fingerprint density at radius 1 is 1.38 bits per heavy atom. The fourth-order valence-corrected chi connectivity index (χ4v) is 1.49. The lowest BCUT2D eigenvalue weighted by Crippen LogP contribution is -2.35. The molecule has 16 heavy (non-hydrogen) atoms. The Kier molecular flexibility index (Phi) is 6.77. The van der Waals surface area contributed by atoms with Gasteiger partial charge in [0, 0.05) is 20.1 Å². The molecule has 0 saturated heterocycles. The zero-order chi connectivity index (χ0) is 11.3. The number of rotatable bonds is 4. The summed E-state index contributed by atoms with van der Waals surface area (Å²) in [6, 6.07) is 9.68.